The molecule has 7 heteroatoms. The summed E-state index contributed by atoms with van der Waals surface area (Å²) in [5.41, 5.74) is -5.15. The molecular formula is C17H23F3N2O2. The molecule has 0 heterocycles. The van der Waals surface area contributed by atoms with Crippen LogP contribution in [-0.4, -0.2) is 28.3 Å². The van der Waals surface area contributed by atoms with E-state index < -0.39 is 34.1 Å². The maximum Gasteiger partial charge on any atom is 0.402 e. The first-order valence-corrected chi connectivity index (χ1v) is 8.44. The van der Waals surface area contributed by atoms with Gasteiger partial charge in [-0.1, -0.05) is 6.92 Å². The molecule has 24 heavy (non-hydrogen) atoms. The molecular weight excluding hydrogens is 321 g/mol. The molecule has 0 aliphatic heterocycles. The summed E-state index contributed by atoms with van der Waals surface area (Å²) >= 11 is 0. The monoisotopic (exact) mass is 344 g/mol. The molecule has 2 N–H and O–H groups in total. The van der Waals surface area contributed by atoms with Crippen LogP contribution in [0.1, 0.15) is 58.8 Å². The molecule has 134 valence electrons. The van der Waals surface area contributed by atoms with Crippen LogP contribution in [0.5, 0.6) is 0 Å². The van der Waals surface area contributed by atoms with Crippen LogP contribution in [0.2, 0.25) is 0 Å². The lowest BCUT2D eigenvalue weighted by Gasteiger charge is -2.63. The van der Waals surface area contributed by atoms with Crippen molar-refractivity contribution in [3.8, 4) is 6.07 Å². The number of nitrogens with one attached hydrogen (secondary N) is 1. The summed E-state index contributed by atoms with van der Waals surface area (Å²) in [6.45, 7) is 2.26. The number of hydrogen-bond donors (Lipinski definition) is 2. The van der Waals surface area contributed by atoms with Gasteiger partial charge in [-0.25, -0.2) is 0 Å². The number of aliphatic hydroxyl groups is 1. The summed E-state index contributed by atoms with van der Waals surface area (Å²) in [6.07, 6.45) is -2.29. The van der Waals surface area contributed by atoms with Crippen LogP contribution in [0.3, 0.4) is 0 Å². The smallest absolute Gasteiger partial charge is 0.390 e. The van der Waals surface area contributed by atoms with Gasteiger partial charge in [0.25, 0.3) is 0 Å². The van der Waals surface area contributed by atoms with Crippen molar-refractivity contribution in [1.82, 2.24) is 5.32 Å². The lowest BCUT2D eigenvalue weighted by Crippen LogP contribution is -2.69. The Labute approximate surface area is 139 Å². The van der Waals surface area contributed by atoms with Gasteiger partial charge in [0.15, 0.2) is 0 Å². The zero-order valence-electron chi connectivity index (χ0n) is 14.0. The molecule has 4 rings (SSSR count). The van der Waals surface area contributed by atoms with E-state index >= 15 is 0 Å². The Balaban J connectivity index is 1.90. The highest BCUT2D eigenvalue weighted by Crippen LogP contribution is 2.63. The summed E-state index contributed by atoms with van der Waals surface area (Å²) in [5, 5.41) is 23.0. The maximum absolute atomic E-state index is 13.4. The van der Waals surface area contributed by atoms with Gasteiger partial charge in [0.05, 0.1) is 17.1 Å². The van der Waals surface area contributed by atoms with Crippen LogP contribution in [0, 0.1) is 28.1 Å². The average molecular weight is 344 g/mol. The van der Waals surface area contributed by atoms with Crippen molar-refractivity contribution in [3.05, 3.63) is 0 Å². The van der Waals surface area contributed by atoms with Gasteiger partial charge in [-0.2, -0.15) is 18.4 Å². The minimum absolute atomic E-state index is 0.0740. The predicted molar refractivity (Wildman–Crippen MR) is 79.5 cm³/mol. The summed E-state index contributed by atoms with van der Waals surface area (Å²) in [5.74, 6) is -0.971. The van der Waals surface area contributed by atoms with Crippen molar-refractivity contribution in [3.63, 3.8) is 0 Å². The van der Waals surface area contributed by atoms with E-state index in [1.54, 1.807) is 0 Å². The Kier molecular flexibility index (Phi) is 3.56. The number of alkyl halides is 3. The Bertz CT molecular complexity index is 616. The molecule has 4 saturated carbocycles. The fourth-order valence-electron chi connectivity index (χ4n) is 5.52. The van der Waals surface area contributed by atoms with Crippen LogP contribution in [-0.2, 0) is 4.79 Å². The first-order valence-electron chi connectivity index (χ1n) is 8.44. The van der Waals surface area contributed by atoms with Gasteiger partial charge in [0, 0.05) is 5.54 Å². The third kappa shape index (κ3) is 2.42. The highest BCUT2D eigenvalue weighted by molar-refractivity contribution is 5.84. The van der Waals surface area contributed by atoms with Crippen molar-refractivity contribution >= 4 is 5.91 Å². The van der Waals surface area contributed by atoms with E-state index in [4.69, 9.17) is 0 Å². The van der Waals surface area contributed by atoms with Crippen molar-refractivity contribution in [2.75, 3.05) is 0 Å². The standard InChI is InChI=1S/C17H23F3N2O2/c1-3-13(2,17(18,19)20)12(23)22-15-5-11-4-14(7-15,10-21)8-16(24,6-11)9-15/h11,24H,3-9H2,1-2H3,(H,22,23). The van der Waals surface area contributed by atoms with E-state index in [9.17, 15) is 28.3 Å². The molecule has 5 atom stereocenters. The molecule has 0 aromatic heterocycles. The second-order valence-electron chi connectivity index (χ2n) is 8.54. The van der Waals surface area contributed by atoms with Gasteiger partial charge in [-0.15, -0.1) is 0 Å². The molecule has 0 spiro atoms. The highest BCUT2D eigenvalue weighted by atomic mass is 19.4. The van der Waals surface area contributed by atoms with Crippen LogP contribution < -0.4 is 5.32 Å². The van der Waals surface area contributed by atoms with Crippen molar-refractivity contribution in [2.24, 2.45) is 16.7 Å². The molecule has 5 unspecified atom stereocenters. The molecule has 1 amide bonds. The lowest BCUT2D eigenvalue weighted by atomic mass is 9.45. The second-order valence-corrected chi connectivity index (χ2v) is 8.54. The molecule has 4 bridgehead atoms. The minimum Gasteiger partial charge on any atom is -0.390 e. The van der Waals surface area contributed by atoms with Gasteiger partial charge >= 0.3 is 6.18 Å². The largest absolute Gasteiger partial charge is 0.402 e. The number of amides is 1. The Morgan fingerprint density at radius 1 is 1.29 bits per heavy atom. The van der Waals surface area contributed by atoms with Crippen LogP contribution in [0.25, 0.3) is 0 Å². The van der Waals surface area contributed by atoms with E-state index in [2.05, 4.69) is 11.4 Å². The van der Waals surface area contributed by atoms with Gasteiger partial charge in [0.1, 0.15) is 5.41 Å². The number of nitrogens with zero attached hydrogens (tertiary/aromatic N) is 1. The quantitative estimate of drug-likeness (QED) is 0.826. The third-order valence-electron chi connectivity index (χ3n) is 6.49. The van der Waals surface area contributed by atoms with E-state index in [-0.39, 0.29) is 18.8 Å². The summed E-state index contributed by atoms with van der Waals surface area (Å²) in [6, 6.07) is 2.28. The molecule has 4 aliphatic rings. The van der Waals surface area contributed by atoms with E-state index in [1.807, 2.05) is 0 Å². The third-order valence-corrected chi connectivity index (χ3v) is 6.49. The van der Waals surface area contributed by atoms with Gasteiger partial charge in [-0.3, -0.25) is 4.79 Å². The van der Waals surface area contributed by atoms with Gasteiger partial charge in [0.2, 0.25) is 5.91 Å². The van der Waals surface area contributed by atoms with E-state index in [0.29, 0.717) is 32.1 Å². The molecule has 4 aliphatic carbocycles. The summed E-state index contributed by atoms with van der Waals surface area (Å²) in [7, 11) is 0. The van der Waals surface area contributed by atoms with Crippen molar-refractivity contribution in [2.45, 2.75) is 76.1 Å². The Hall–Kier alpha value is -1.29. The van der Waals surface area contributed by atoms with Crippen molar-refractivity contribution in [1.29, 1.82) is 5.26 Å². The number of rotatable bonds is 3. The van der Waals surface area contributed by atoms with Gasteiger partial charge in [-0.05, 0) is 57.8 Å². The van der Waals surface area contributed by atoms with Crippen LogP contribution >= 0.6 is 0 Å². The first-order chi connectivity index (χ1) is 10.9. The minimum atomic E-state index is -4.64. The maximum atomic E-state index is 13.4. The molecule has 4 fully saturated rings. The zero-order chi connectivity index (χ0) is 18.0. The van der Waals surface area contributed by atoms with Crippen molar-refractivity contribution < 1.29 is 23.1 Å². The SMILES string of the molecule is CCC(C)(C(=O)NC12CC3CC(O)(CC(C#N)(C3)C1)C2)C(F)(F)F. The fourth-order valence-corrected chi connectivity index (χ4v) is 5.52. The van der Waals surface area contributed by atoms with Crippen LogP contribution in [0.4, 0.5) is 13.2 Å². The molecule has 0 aromatic carbocycles. The first kappa shape index (κ1) is 17.5. The molecule has 0 aromatic rings. The fraction of sp³-hybridized carbons (Fsp3) is 0.882. The van der Waals surface area contributed by atoms with Crippen LogP contribution in [0.15, 0.2) is 0 Å². The summed E-state index contributed by atoms with van der Waals surface area (Å²) in [4.78, 5) is 12.5. The molecule has 0 saturated heterocycles. The summed E-state index contributed by atoms with van der Waals surface area (Å²) < 4.78 is 40.1. The van der Waals surface area contributed by atoms with E-state index in [0.717, 1.165) is 6.92 Å². The predicted octanol–water partition coefficient (Wildman–Crippen LogP) is 3.06. The number of halogens is 3. The Morgan fingerprint density at radius 2 is 1.96 bits per heavy atom. The highest BCUT2D eigenvalue weighted by Gasteiger charge is 2.65. The average Bonchev–Trinajstić information content (AvgIpc) is 2.41. The normalized spacial score (nSPS) is 43.1. The van der Waals surface area contributed by atoms with Gasteiger partial charge < -0.3 is 10.4 Å². The zero-order valence-corrected chi connectivity index (χ0v) is 14.0. The lowest BCUT2D eigenvalue weighted by molar-refractivity contribution is -0.221. The molecule has 4 nitrogen and oxygen atoms in total. The number of nitriles is 1. The molecule has 0 radical (unpaired) electrons. The Morgan fingerprint density at radius 3 is 2.46 bits per heavy atom. The van der Waals surface area contributed by atoms with E-state index in [1.165, 1.54) is 6.92 Å². The number of hydrogen-bond acceptors (Lipinski definition) is 3. The number of carbonyl (C=O) groups is 1. The topological polar surface area (TPSA) is 73.1 Å². The number of carbonyl (C=O) groups excluding carboxylic acids is 1. The second kappa shape index (κ2) is 4.87.